The molecule has 0 aromatic heterocycles. The van der Waals surface area contributed by atoms with Crippen molar-refractivity contribution < 1.29 is 28.2 Å². The Morgan fingerprint density at radius 1 is 1.21 bits per heavy atom. The lowest BCUT2D eigenvalue weighted by Crippen LogP contribution is -2.26. The van der Waals surface area contributed by atoms with Crippen LogP contribution in [-0.2, 0) is 10.2 Å². The molecular formula is C13H14F2O4. The molecule has 0 spiro atoms. The van der Waals surface area contributed by atoms with Crippen molar-refractivity contribution in [2.75, 3.05) is 0 Å². The highest BCUT2D eigenvalue weighted by Crippen LogP contribution is 2.51. The van der Waals surface area contributed by atoms with Crippen LogP contribution >= 0.6 is 0 Å². The van der Waals surface area contributed by atoms with Crippen LogP contribution in [0.3, 0.4) is 0 Å². The van der Waals surface area contributed by atoms with Crippen LogP contribution in [0.25, 0.3) is 0 Å². The number of fused-ring (bicyclic) bond motifs is 1. The largest absolute Gasteiger partial charge is 0.586 e. The van der Waals surface area contributed by atoms with Crippen molar-refractivity contribution >= 4 is 5.97 Å². The van der Waals surface area contributed by atoms with Crippen molar-refractivity contribution in [1.82, 2.24) is 0 Å². The molecule has 1 aromatic rings. The van der Waals surface area contributed by atoms with Crippen LogP contribution in [0.15, 0.2) is 18.2 Å². The van der Waals surface area contributed by atoms with E-state index in [4.69, 9.17) is 5.11 Å². The zero-order valence-electron chi connectivity index (χ0n) is 10.6. The lowest BCUT2D eigenvalue weighted by atomic mass is 9.96. The molecule has 1 N–H and O–H groups in total. The van der Waals surface area contributed by atoms with E-state index in [0.717, 1.165) is 0 Å². The average Bonchev–Trinajstić information content (AvgIpc) is 3.09. The molecule has 1 saturated carbocycles. The molecule has 2 aliphatic rings. The highest BCUT2D eigenvalue weighted by molar-refractivity contribution is 5.85. The lowest BCUT2D eigenvalue weighted by molar-refractivity contribution is -0.286. The first kappa shape index (κ1) is 13.6. The average molecular weight is 272 g/mol. The molecule has 19 heavy (non-hydrogen) atoms. The maximum absolute atomic E-state index is 12.8. The third-order valence-electron chi connectivity index (χ3n) is 3.11. The minimum Gasteiger partial charge on any atom is -0.481 e. The van der Waals surface area contributed by atoms with Gasteiger partial charge in [-0.2, -0.15) is 0 Å². The van der Waals surface area contributed by atoms with Crippen LogP contribution in [0.4, 0.5) is 8.78 Å². The smallest absolute Gasteiger partial charge is 0.481 e. The van der Waals surface area contributed by atoms with Crippen molar-refractivity contribution in [3.8, 4) is 11.5 Å². The fourth-order valence-electron chi connectivity index (χ4n) is 2.00. The second-order valence-corrected chi connectivity index (χ2v) is 4.22. The number of carboxylic acids is 1. The standard InChI is InChI=1S/C11H8F2O4.C2H6/c12-11(13)16-7-2-1-6(5-8(7)17-11)10(3-4-10)9(14)15;1-2/h1-2,5H,3-4H2,(H,14,15);1-2H3. The summed E-state index contributed by atoms with van der Waals surface area (Å²) in [4.78, 5) is 11.1. The van der Waals surface area contributed by atoms with Crippen LogP contribution in [0.2, 0.25) is 0 Å². The van der Waals surface area contributed by atoms with E-state index < -0.39 is 17.7 Å². The van der Waals surface area contributed by atoms with Crippen LogP contribution in [0, 0.1) is 0 Å². The zero-order valence-corrected chi connectivity index (χ0v) is 10.6. The van der Waals surface area contributed by atoms with Crippen molar-refractivity contribution in [3.63, 3.8) is 0 Å². The third kappa shape index (κ3) is 2.22. The van der Waals surface area contributed by atoms with Gasteiger partial charge in [0.05, 0.1) is 5.41 Å². The van der Waals surface area contributed by atoms with Gasteiger partial charge in [-0.25, -0.2) is 0 Å². The number of rotatable bonds is 2. The van der Waals surface area contributed by atoms with E-state index in [-0.39, 0.29) is 11.5 Å². The summed E-state index contributed by atoms with van der Waals surface area (Å²) in [6.07, 6.45) is -2.64. The van der Waals surface area contributed by atoms with Gasteiger partial charge in [0.2, 0.25) is 0 Å². The number of benzene rings is 1. The van der Waals surface area contributed by atoms with E-state index in [9.17, 15) is 13.6 Å². The molecule has 1 fully saturated rings. The van der Waals surface area contributed by atoms with Gasteiger partial charge in [-0.05, 0) is 30.5 Å². The maximum Gasteiger partial charge on any atom is 0.586 e. The normalized spacial score (nSPS) is 20.2. The van der Waals surface area contributed by atoms with Gasteiger partial charge in [0.15, 0.2) is 11.5 Å². The molecule has 1 aliphatic heterocycles. The molecule has 1 aliphatic carbocycles. The minimum absolute atomic E-state index is 0.0695. The Morgan fingerprint density at radius 2 is 1.79 bits per heavy atom. The van der Waals surface area contributed by atoms with Crippen molar-refractivity contribution in [1.29, 1.82) is 0 Å². The van der Waals surface area contributed by atoms with E-state index in [2.05, 4.69) is 9.47 Å². The second-order valence-electron chi connectivity index (χ2n) is 4.22. The highest BCUT2D eigenvalue weighted by atomic mass is 19.3. The van der Waals surface area contributed by atoms with Gasteiger partial charge in [0.25, 0.3) is 0 Å². The molecule has 1 aromatic carbocycles. The Kier molecular flexibility index (Phi) is 3.12. The van der Waals surface area contributed by atoms with Gasteiger partial charge in [-0.3, -0.25) is 4.79 Å². The summed E-state index contributed by atoms with van der Waals surface area (Å²) in [6, 6.07) is 4.12. The van der Waals surface area contributed by atoms with Crippen molar-refractivity contribution in [2.24, 2.45) is 0 Å². The Labute approximate surface area is 108 Å². The summed E-state index contributed by atoms with van der Waals surface area (Å²) in [7, 11) is 0. The predicted molar refractivity (Wildman–Crippen MR) is 62.5 cm³/mol. The number of carboxylic acid groups (broad SMARTS) is 1. The van der Waals surface area contributed by atoms with Gasteiger partial charge in [0, 0.05) is 0 Å². The van der Waals surface area contributed by atoms with Crippen LogP contribution in [0.5, 0.6) is 11.5 Å². The molecule has 104 valence electrons. The Hall–Kier alpha value is -1.85. The molecule has 0 bridgehead atoms. The first-order valence-electron chi connectivity index (χ1n) is 6.07. The number of alkyl halides is 2. The molecule has 0 unspecified atom stereocenters. The maximum atomic E-state index is 12.8. The zero-order chi connectivity index (χ0) is 14.3. The number of hydrogen-bond donors (Lipinski definition) is 1. The number of carbonyl (C=O) groups is 1. The molecule has 0 amide bonds. The quantitative estimate of drug-likeness (QED) is 0.898. The third-order valence-corrected chi connectivity index (χ3v) is 3.11. The van der Waals surface area contributed by atoms with Crippen LogP contribution in [-0.4, -0.2) is 17.4 Å². The van der Waals surface area contributed by atoms with Gasteiger partial charge < -0.3 is 14.6 Å². The Balaban J connectivity index is 0.000000637. The van der Waals surface area contributed by atoms with Crippen molar-refractivity contribution in [2.45, 2.75) is 38.4 Å². The van der Waals surface area contributed by atoms with Gasteiger partial charge in [-0.15, -0.1) is 8.78 Å². The Bertz CT molecular complexity index is 509. The summed E-state index contributed by atoms with van der Waals surface area (Å²) >= 11 is 0. The van der Waals surface area contributed by atoms with E-state index in [0.29, 0.717) is 18.4 Å². The fraction of sp³-hybridized carbons (Fsp3) is 0.462. The van der Waals surface area contributed by atoms with E-state index >= 15 is 0 Å². The monoisotopic (exact) mass is 272 g/mol. The first-order chi connectivity index (χ1) is 8.93. The summed E-state index contributed by atoms with van der Waals surface area (Å²) in [5, 5.41) is 9.09. The van der Waals surface area contributed by atoms with Gasteiger partial charge in [-0.1, -0.05) is 19.9 Å². The fourth-order valence-corrected chi connectivity index (χ4v) is 2.00. The molecule has 4 nitrogen and oxygen atoms in total. The highest BCUT2D eigenvalue weighted by Gasteiger charge is 2.53. The molecule has 6 heteroatoms. The van der Waals surface area contributed by atoms with Gasteiger partial charge >= 0.3 is 12.3 Å². The predicted octanol–water partition coefficient (Wildman–Crippen LogP) is 3.15. The molecule has 3 rings (SSSR count). The Morgan fingerprint density at radius 3 is 2.32 bits per heavy atom. The summed E-state index contributed by atoms with van der Waals surface area (Å²) < 4.78 is 34.1. The van der Waals surface area contributed by atoms with Crippen molar-refractivity contribution in [3.05, 3.63) is 23.8 Å². The van der Waals surface area contributed by atoms with E-state index in [1.807, 2.05) is 13.8 Å². The second kappa shape index (κ2) is 4.36. The van der Waals surface area contributed by atoms with E-state index in [1.165, 1.54) is 18.2 Å². The number of halogens is 2. The molecule has 0 saturated heterocycles. The first-order valence-corrected chi connectivity index (χ1v) is 6.07. The van der Waals surface area contributed by atoms with Crippen LogP contribution < -0.4 is 9.47 Å². The molecule has 1 heterocycles. The van der Waals surface area contributed by atoms with E-state index in [1.54, 1.807) is 0 Å². The summed E-state index contributed by atoms with van der Waals surface area (Å²) in [5.74, 6) is -1.12. The number of aliphatic carboxylic acids is 1. The topological polar surface area (TPSA) is 55.8 Å². The lowest BCUT2D eigenvalue weighted by Gasteiger charge is -2.10. The summed E-state index contributed by atoms with van der Waals surface area (Å²) in [5.41, 5.74) is -0.457. The van der Waals surface area contributed by atoms with Gasteiger partial charge in [0.1, 0.15) is 0 Å². The molecule has 0 radical (unpaired) electrons. The molecular weight excluding hydrogens is 258 g/mol. The SMILES string of the molecule is CC.O=C(O)C1(c2ccc3c(c2)OC(F)(F)O3)CC1. The van der Waals surface area contributed by atoms with Crippen LogP contribution in [0.1, 0.15) is 32.3 Å². The minimum atomic E-state index is -3.67. The summed E-state index contributed by atoms with van der Waals surface area (Å²) in [6.45, 7) is 4.00. The number of ether oxygens (including phenoxy) is 2. The number of hydrogen-bond acceptors (Lipinski definition) is 3. The molecule has 0 atom stereocenters.